The molecule has 1 aliphatic heterocycles. The highest BCUT2D eigenvalue weighted by molar-refractivity contribution is 5.94. The van der Waals surface area contributed by atoms with Crippen LogP contribution in [0.25, 0.3) is 0 Å². The fourth-order valence-corrected chi connectivity index (χ4v) is 3.31. The van der Waals surface area contributed by atoms with Gasteiger partial charge in [0.2, 0.25) is 5.91 Å². The Morgan fingerprint density at radius 1 is 1.07 bits per heavy atom. The largest absolute Gasteiger partial charge is 0.494 e. The number of benzene rings is 2. The molecule has 6 nitrogen and oxygen atoms in total. The van der Waals surface area contributed by atoms with E-state index in [1.165, 1.54) is 24.3 Å². The first kappa shape index (κ1) is 20.8. The van der Waals surface area contributed by atoms with Gasteiger partial charge in [0.1, 0.15) is 11.6 Å². The Kier molecular flexibility index (Phi) is 7.19. The summed E-state index contributed by atoms with van der Waals surface area (Å²) in [4.78, 5) is 26.6. The number of hydrogen-bond donors (Lipinski definition) is 2. The number of carbonyl (C=O) groups is 2. The van der Waals surface area contributed by atoms with E-state index in [0.717, 1.165) is 37.4 Å². The van der Waals surface area contributed by atoms with Gasteiger partial charge in [-0.15, -0.1) is 0 Å². The lowest BCUT2D eigenvalue weighted by Gasteiger charge is -2.31. The van der Waals surface area contributed by atoms with Crippen LogP contribution >= 0.6 is 0 Å². The van der Waals surface area contributed by atoms with Crippen LogP contribution in [0.1, 0.15) is 30.1 Å². The minimum atomic E-state index is -0.363. The number of nitrogens with zero attached hydrogens (tertiary/aromatic N) is 1. The van der Waals surface area contributed by atoms with E-state index >= 15 is 0 Å². The summed E-state index contributed by atoms with van der Waals surface area (Å²) >= 11 is 0. The molecule has 0 atom stereocenters. The third-order valence-electron chi connectivity index (χ3n) is 4.85. The van der Waals surface area contributed by atoms with Gasteiger partial charge >= 0.3 is 0 Å². The van der Waals surface area contributed by atoms with Crippen molar-refractivity contribution >= 4 is 17.5 Å². The maximum absolute atomic E-state index is 13.0. The molecule has 1 fully saturated rings. The number of piperidine rings is 1. The molecule has 1 aliphatic rings. The van der Waals surface area contributed by atoms with Crippen LogP contribution in [0.4, 0.5) is 10.1 Å². The summed E-state index contributed by atoms with van der Waals surface area (Å²) in [6.07, 6.45) is 1.53. The molecule has 0 bridgehead atoms. The second kappa shape index (κ2) is 10.0. The zero-order valence-corrected chi connectivity index (χ0v) is 16.5. The third-order valence-corrected chi connectivity index (χ3v) is 4.85. The number of carbonyl (C=O) groups excluding carboxylic acids is 2. The molecule has 0 radical (unpaired) electrons. The first-order valence-electron chi connectivity index (χ1n) is 9.85. The molecule has 7 heteroatoms. The van der Waals surface area contributed by atoms with Crippen LogP contribution in [-0.2, 0) is 4.79 Å². The quantitative estimate of drug-likeness (QED) is 0.751. The number of anilines is 1. The average Bonchev–Trinajstić information content (AvgIpc) is 2.71. The molecule has 2 aromatic carbocycles. The Hall–Kier alpha value is -2.93. The topological polar surface area (TPSA) is 70.7 Å². The molecular formula is C22H26FN3O3. The second-order valence-electron chi connectivity index (χ2n) is 7.04. The van der Waals surface area contributed by atoms with Gasteiger partial charge in [0.25, 0.3) is 5.91 Å². The van der Waals surface area contributed by atoms with E-state index in [1.807, 2.05) is 31.2 Å². The van der Waals surface area contributed by atoms with Crippen molar-refractivity contribution in [2.45, 2.75) is 25.8 Å². The van der Waals surface area contributed by atoms with E-state index in [4.69, 9.17) is 4.74 Å². The van der Waals surface area contributed by atoms with Crippen LogP contribution in [0.5, 0.6) is 5.75 Å². The highest BCUT2D eigenvalue weighted by atomic mass is 19.1. The first-order chi connectivity index (χ1) is 14.0. The van der Waals surface area contributed by atoms with Crippen molar-refractivity contribution in [1.29, 1.82) is 0 Å². The van der Waals surface area contributed by atoms with Gasteiger partial charge in [0.15, 0.2) is 0 Å². The van der Waals surface area contributed by atoms with Crippen molar-refractivity contribution in [2.24, 2.45) is 0 Å². The normalized spacial score (nSPS) is 15.0. The Morgan fingerprint density at radius 2 is 1.72 bits per heavy atom. The molecule has 29 heavy (non-hydrogen) atoms. The summed E-state index contributed by atoms with van der Waals surface area (Å²) in [5, 5.41) is 5.87. The number of rotatable bonds is 7. The van der Waals surface area contributed by atoms with Crippen molar-refractivity contribution in [1.82, 2.24) is 10.2 Å². The van der Waals surface area contributed by atoms with Crippen LogP contribution in [0.2, 0.25) is 0 Å². The number of hydrogen-bond acceptors (Lipinski definition) is 4. The van der Waals surface area contributed by atoms with Gasteiger partial charge in [-0.25, -0.2) is 4.39 Å². The Balaban J connectivity index is 1.40. The second-order valence-corrected chi connectivity index (χ2v) is 7.04. The minimum absolute atomic E-state index is 0.0537. The van der Waals surface area contributed by atoms with Crippen LogP contribution in [-0.4, -0.2) is 49.0 Å². The third kappa shape index (κ3) is 6.29. The monoisotopic (exact) mass is 399 g/mol. The molecule has 154 valence electrons. The average molecular weight is 399 g/mol. The number of likely N-dealkylation sites (tertiary alicyclic amines) is 1. The molecule has 2 aromatic rings. The molecule has 2 N–H and O–H groups in total. The summed E-state index contributed by atoms with van der Waals surface area (Å²) in [5.74, 6) is 0.147. The molecule has 1 saturated heterocycles. The summed E-state index contributed by atoms with van der Waals surface area (Å²) < 4.78 is 18.4. The fraction of sp³-hybridized carbons (Fsp3) is 0.364. The highest BCUT2D eigenvalue weighted by Crippen LogP contribution is 2.16. The van der Waals surface area contributed by atoms with E-state index in [2.05, 4.69) is 15.5 Å². The van der Waals surface area contributed by atoms with Gasteiger partial charge in [0, 0.05) is 30.4 Å². The standard InChI is InChI=1S/C22H26FN3O3/c1-2-29-20-9-7-18(8-10-20)24-21(27)15-26-13-11-19(12-14-26)25-22(28)16-3-5-17(23)6-4-16/h3-10,19H,2,11-15H2,1H3,(H,24,27)(H,25,28). The lowest BCUT2D eigenvalue weighted by molar-refractivity contribution is -0.117. The summed E-state index contributed by atoms with van der Waals surface area (Å²) in [7, 11) is 0. The van der Waals surface area contributed by atoms with Crippen molar-refractivity contribution in [3.8, 4) is 5.75 Å². The molecule has 1 heterocycles. The fourth-order valence-electron chi connectivity index (χ4n) is 3.31. The van der Waals surface area contributed by atoms with E-state index in [-0.39, 0.29) is 23.7 Å². The predicted molar refractivity (Wildman–Crippen MR) is 110 cm³/mol. The van der Waals surface area contributed by atoms with Crippen molar-refractivity contribution in [3.05, 3.63) is 59.9 Å². The van der Waals surface area contributed by atoms with Gasteiger partial charge < -0.3 is 15.4 Å². The SMILES string of the molecule is CCOc1ccc(NC(=O)CN2CCC(NC(=O)c3ccc(F)cc3)CC2)cc1. The summed E-state index contributed by atoms with van der Waals surface area (Å²) in [6.45, 7) is 4.29. The molecular weight excluding hydrogens is 373 g/mol. The zero-order valence-electron chi connectivity index (χ0n) is 16.5. The van der Waals surface area contributed by atoms with E-state index in [0.29, 0.717) is 18.7 Å². The Bertz CT molecular complexity index is 816. The van der Waals surface area contributed by atoms with Gasteiger partial charge in [-0.3, -0.25) is 14.5 Å². The molecule has 0 saturated carbocycles. The minimum Gasteiger partial charge on any atom is -0.494 e. The van der Waals surface area contributed by atoms with Crippen LogP contribution < -0.4 is 15.4 Å². The maximum Gasteiger partial charge on any atom is 0.251 e. The Labute approximate surface area is 170 Å². The molecule has 2 amide bonds. The van der Waals surface area contributed by atoms with Crippen LogP contribution in [0.3, 0.4) is 0 Å². The van der Waals surface area contributed by atoms with E-state index in [1.54, 1.807) is 0 Å². The van der Waals surface area contributed by atoms with Gasteiger partial charge in [-0.1, -0.05) is 0 Å². The lowest BCUT2D eigenvalue weighted by Crippen LogP contribution is -2.46. The van der Waals surface area contributed by atoms with Crippen molar-refractivity contribution < 1.29 is 18.7 Å². The van der Waals surface area contributed by atoms with Crippen molar-refractivity contribution in [2.75, 3.05) is 31.6 Å². The van der Waals surface area contributed by atoms with E-state index < -0.39 is 0 Å². The molecule has 0 aliphatic carbocycles. The predicted octanol–water partition coefficient (Wildman–Crippen LogP) is 3.06. The maximum atomic E-state index is 13.0. The number of halogens is 1. The first-order valence-corrected chi connectivity index (χ1v) is 9.85. The van der Waals surface area contributed by atoms with Gasteiger partial charge in [0.05, 0.1) is 13.2 Å². The lowest BCUT2D eigenvalue weighted by atomic mass is 10.0. The molecule has 0 aromatic heterocycles. The molecule has 0 unspecified atom stereocenters. The van der Waals surface area contributed by atoms with Crippen LogP contribution in [0, 0.1) is 5.82 Å². The Morgan fingerprint density at radius 3 is 2.34 bits per heavy atom. The molecule has 0 spiro atoms. The van der Waals surface area contributed by atoms with Crippen LogP contribution in [0.15, 0.2) is 48.5 Å². The number of ether oxygens (including phenoxy) is 1. The highest BCUT2D eigenvalue weighted by Gasteiger charge is 2.22. The zero-order chi connectivity index (χ0) is 20.6. The van der Waals surface area contributed by atoms with Crippen molar-refractivity contribution in [3.63, 3.8) is 0 Å². The van der Waals surface area contributed by atoms with Gasteiger partial charge in [-0.05, 0) is 68.3 Å². The summed E-state index contributed by atoms with van der Waals surface area (Å²) in [5.41, 5.74) is 1.18. The summed E-state index contributed by atoms with van der Waals surface area (Å²) in [6, 6.07) is 12.9. The smallest absolute Gasteiger partial charge is 0.251 e. The number of nitrogens with one attached hydrogen (secondary N) is 2. The molecule has 3 rings (SSSR count). The number of amides is 2. The van der Waals surface area contributed by atoms with Gasteiger partial charge in [-0.2, -0.15) is 0 Å². The van der Waals surface area contributed by atoms with E-state index in [9.17, 15) is 14.0 Å².